The molecule has 8 N–H and O–H groups in total. The lowest BCUT2D eigenvalue weighted by molar-refractivity contribution is -0.142. The lowest BCUT2D eigenvalue weighted by Crippen LogP contribution is -2.57. The standard InChI is InChI=1S/C49H72N10O8/c1-32(50-3)42(60)54-36-22-12-7-14-26-52-44(62)38(30-34-18-8-5-9-19-34)56-47(65)41-25-17-29-59(41)49(67)37(55-43(61)33(2)51-4)23-13-15-27-53-45(63)39(31-35-20-10-6-11-21-35)57-46(64)40-24-16-28-58(40)48(36)66/h5-6,8-11,18-21,32-33,36-41,50-51H,7,12-17,22-31H2,1-4H3,(H,52,62)(H,53,63)(H,54,60)(H,55,61)(H,56,65)(H,57,64)/t32-,33-,36-,37?,38-,39-,40?,41-/m0/s1. The number of likely N-dealkylation sites (N-methyl/N-ethyl adjacent to an activating group) is 2. The Balaban J connectivity index is 1.40. The molecule has 366 valence electrons. The van der Waals surface area contributed by atoms with Crippen LogP contribution in [0.1, 0.15) is 95.6 Å². The molecule has 3 heterocycles. The van der Waals surface area contributed by atoms with Crippen molar-refractivity contribution in [3.05, 3.63) is 71.8 Å². The van der Waals surface area contributed by atoms with Crippen molar-refractivity contribution >= 4 is 47.3 Å². The fourth-order valence-electron chi connectivity index (χ4n) is 8.82. The number of carbonyl (C=O) groups is 8. The number of nitrogens with zero attached hydrogens (tertiary/aromatic N) is 2. The lowest BCUT2D eigenvalue weighted by atomic mass is 10.0. The van der Waals surface area contributed by atoms with Crippen LogP contribution in [-0.2, 0) is 51.2 Å². The van der Waals surface area contributed by atoms with E-state index in [1.54, 1.807) is 27.9 Å². The zero-order chi connectivity index (χ0) is 48.3. The summed E-state index contributed by atoms with van der Waals surface area (Å²) in [5.74, 6) is -3.23. The molecular formula is C49H72N10O8. The second-order valence-electron chi connectivity index (χ2n) is 18.0. The summed E-state index contributed by atoms with van der Waals surface area (Å²) >= 11 is 0. The van der Waals surface area contributed by atoms with E-state index in [4.69, 9.17) is 0 Å². The lowest BCUT2D eigenvalue weighted by Gasteiger charge is -2.30. The molecule has 8 atom stereocenters. The molecule has 0 spiro atoms. The van der Waals surface area contributed by atoms with E-state index in [2.05, 4.69) is 42.5 Å². The van der Waals surface area contributed by atoms with Crippen LogP contribution in [0.2, 0.25) is 0 Å². The highest BCUT2D eigenvalue weighted by molar-refractivity contribution is 5.96. The zero-order valence-electron chi connectivity index (χ0n) is 39.6. The Labute approximate surface area is 394 Å². The van der Waals surface area contributed by atoms with Gasteiger partial charge in [0, 0.05) is 39.0 Å². The molecule has 18 nitrogen and oxygen atoms in total. The molecule has 3 aliphatic heterocycles. The first kappa shape index (κ1) is 52.1. The quantitative estimate of drug-likeness (QED) is 0.165. The van der Waals surface area contributed by atoms with Gasteiger partial charge in [-0.25, -0.2) is 0 Å². The van der Waals surface area contributed by atoms with E-state index in [0.29, 0.717) is 77.3 Å². The minimum atomic E-state index is -0.968. The van der Waals surface area contributed by atoms with Crippen molar-refractivity contribution in [3.8, 4) is 0 Å². The van der Waals surface area contributed by atoms with Crippen LogP contribution >= 0.6 is 0 Å². The molecule has 0 aliphatic carbocycles. The Morgan fingerprint density at radius 1 is 0.537 bits per heavy atom. The summed E-state index contributed by atoms with van der Waals surface area (Å²) in [6.45, 7) is 4.48. The maximum atomic E-state index is 14.3. The van der Waals surface area contributed by atoms with Crippen LogP contribution in [0.4, 0.5) is 0 Å². The molecule has 3 fully saturated rings. The fraction of sp³-hybridized carbons (Fsp3) is 0.592. The third kappa shape index (κ3) is 15.3. The molecule has 0 radical (unpaired) electrons. The van der Waals surface area contributed by atoms with E-state index in [9.17, 15) is 38.4 Å². The van der Waals surface area contributed by atoms with E-state index in [1.165, 1.54) is 9.80 Å². The highest BCUT2D eigenvalue weighted by Crippen LogP contribution is 2.23. The predicted octanol–water partition coefficient (Wildman–Crippen LogP) is 0.586. The first-order valence-corrected chi connectivity index (χ1v) is 24.1. The minimum absolute atomic E-state index is 0.198. The van der Waals surface area contributed by atoms with E-state index in [1.807, 2.05) is 60.7 Å². The average Bonchev–Trinajstić information content (AvgIpc) is 4.04. The first-order chi connectivity index (χ1) is 32.3. The number of carbonyl (C=O) groups excluding carboxylic acids is 8. The number of fused-ring (bicyclic) bond motifs is 2. The molecule has 2 aromatic carbocycles. The third-order valence-corrected chi connectivity index (χ3v) is 13.1. The number of amides is 8. The molecular weight excluding hydrogens is 857 g/mol. The first-order valence-electron chi connectivity index (χ1n) is 24.1. The maximum absolute atomic E-state index is 14.3. The largest absolute Gasteiger partial charge is 0.354 e. The van der Waals surface area contributed by atoms with Crippen molar-refractivity contribution in [2.75, 3.05) is 40.3 Å². The Morgan fingerprint density at radius 2 is 0.925 bits per heavy atom. The summed E-state index contributed by atoms with van der Waals surface area (Å²) in [6, 6.07) is 12.0. The van der Waals surface area contributed by atoms with Gasteiger partial charge >= 0.3 is 0 Å². The van der Waals surface area contributed by atoms with Gasteiger partial charge in [0.2, 0.25) is 47.3 Å². The van der Waals surface area contributed by atoms with Gasteiger partial charge in [-0.3, -0.25) is 38.4 Å². The number of rotatable bonds is 10. The number of hydrogen-bond acceptors (Lipinski definition) is 10. The molecule has 2 aromatic rings. The summed E-state index contributed by atoms with van der Waals surface area (Å²) in [5, 5.41) is 23.4. The highest BCUT2D eigenvalue weighted by atomic mass is 16.2. The molecule has 67 heavy (non-hydrogen) atoms. The molecule has 0 aromatic heterocycles. The number of hydrogen-bond donors (Lipinski definition) is 8. The van der Waals surface area contributed by atoms with Crippen LogP contribution in [0.3, 0.4) is 0 Å². The van der Waals surface area contributed by atoms with Gasteiger partial charge in [-0.2, -0.15) is 0 Å². The Bertz CT molecular complexity index is 1990. The van der Waals surface area contributed by atoms with E-state index in [0.717, 1.165) is 11.1 Å². The molecule has 3 saturated heterocycles. The second-order valence-corrected chi connectivity index (χ2v) is 18.0. The topological polar surface area (TPSA) is 239 Å². The smallest absolute Gasteiger partial charge is 0.245 e. The Kier molecular flexibility index (Phi) is 20.6. The summed E-state index contributed by atoms with van der Waals surface area (Å²) in [5.41, 5.74) is 1.66. The maximum Gasteiger partial charge on any atom is 0.245 e. The van der Waals surface area contributed by atoms with Crippen molar-refractivity contribution in [2.24, 2.45) is 0 Å². The average molecular weight is 929 g/mol. The number of nitrogens with one attached hydrogen (secondary N) is 8. The van der Waals surface area contributed by atoms with Crippen LogP contribution in [0.15, 0.2) is 60.7 Å². The van der Waals surface area contributed by atoms with Crippen molar-refractivity contribution in [2.45, 2.75) is 146 Å². The Morgan fingerprint density at radius 3 is 1.33 bits per heavy atom. The zero-order valence-corrected chi connectivity index (χ0v) is 39.6. The Hall–Kier alpha value is -5.88. The van der Waals surface area contributed by atoms with Crippen molar-refractivity contribution in [1.82, 2.24) is 52.3 Å². The monoisotopic (exact) mass is 929 g/mol. The second kappa shape index (κ2) is 26.5. The predicted molar refractivity (Wildman–Crippen MR) is 253 cm³/mol. The minimum Gasteiger partial charge on any atom is -0.354 e. The van der Waals surface area contributed by atoms with Gasteiger partial charge in [-0.1, -0.05) is 73.5 Å². The summed E-state index contributed by atoms with van der Waals surface area (Å²) in [7, 11) is 3.29. The van der Waals surface area contributed by atoms with Crippen LogP contribution in [-0.4, -0.2) is 146 Å². The fourth-order valence-corrected chi connectivity index (χ4v) is 8.82. The third-order valence-electron chi connectivity index (χ3n) is 13.1. The highest BCUT2D eigenvalue weighted by Gasteiger charge is 2.41. The number of benzene rings is 2. The summed E-state index contributed by atoms with van der Waals surface area (Å²) in [6.07, 6.45) is 5.35. The summed E-state index contributed by atoms with van der Waals surface area (Å²) < 4.78 is 0. The van der Waals surface area contributed by atoms with Crippen LogP contribution < -0.4 is 42.5 Å². The van der Waals surface area contributed by atoms with Crippen LogP contribution in [0, 0.1) is 0 Å². The van der Waals surface area contributed by atoms with E-state index < -0.39 is 72.0 Å². The SMILES string of the molecule is CN[C@@H](C)C(=O)NC1CCCCNC(=O)[C@H](Cc2ccccc2)NC(=O)C2CCCN2C(=O)[C@@H](NC(=O)[C@H](C)NC)CCCCCNC(=O)[C@H](Cc2ccccc2)NC(=O)[C@@H]2CCCN2C1=O. The molecule has 8 amide bonds. The van der Waals surface area contributed by atoms with Gasteiger partial charge < -0.3 is 52.3 Å². The van der Waals surface area contributed by atoms with Crippen molar-refractivity contribution in [3.63, 3.8) is 0 Å². The van der Waals surface area contributed by atoms with Crippen molar-refractivity contribution < 1.29 is 38.4 Å². The molecule has 2 unspecified atom stereocenters. The van der Waals surface area contributed by atoms with Gasteiger partial charge in [-0.05, 0) is 96.9 Å². The van der Waals surface area contributed by atoms with Crippen LogP contribution in [0.5, 0.6) is 0 Å². The van der Waals surface area contributed by atoms with E-state index in [-0.39, 0.29) is 56.0 Å². The van der Waals surface area contributed by atoms with Crippen LogP contribution in [0.25, 0.3) is 0 Å². The van der Waals surface area contributed by atoms with Crippen molar-refractivity contribution in [1.29, 1.82) is 0 Å². The van der Waals surface area contributed by atoms with Gasteiger partial charge in [-0.15, -0.1) is 0 Å². The molecule has 0 saturated carbocycles. The molecule has 5 rings (SSSR count). The summed E-state index contributed by atoms with van der Waals surface area (Å²) in [4.78, 5) is 114. The van der Waals surface area contributed by atoms with Gasteiger partial charge in [0.1, 0.15) is 36.3 Å². The molecule has 18 heteroatoms. The molecule has 0 bridgehead atoms. The normalized spacial score (nSPS) is 25.6. The van der Waals surface area contributed by atoms with E-state index >= 15 is 0 Å². The van der Waals surface area contributed by atoms with Gasteiger partial charge in [0.25, 0.3) is 0 Å². The molecule has 3 aliphatic rings. The van der Waals surface area contributed by atoms with Gasteiger partial charge in [0.05, 0.1) is 12.1 Å². The van der Waals surface area contributed by atoms with Gasteiger partial charge in [0.15, 0.2) is 0 Å².